The number of carboxylic acids is 2. The Morgan fingerprint density at radius 3 is 1.20 bits per heavy atom. The summed E-state index contributed by atoms with van der Waals surface area (Å²) in [6.45, 7) is 3.26. The van der Waals surface area contributed by atoms with E-state index >= 15 is 0 Å². The fourth-order valence-electron chi connectivity index (χ4n) is 1.59. The maximum atomic E-state index is 10.2. The molecule has 2 unspecified atom stereocenters. The Balaban J connectivity index is -0.000000196. The van der Waals surface area contributed by atoms with Gasteiger partial charge in [-0.1, -0.05) is 0 Å². The average Bonchev–Trinajstić information content (AvgIpc) is 2.67. The molecule has 0 aromatic heterocycles. The zero-order valence-electron chi connectivity index (χ0n) is 21.3. The van der Waals surface area contributed by atoms with Gasteiger partial charge in [-0.3, -0.25) is 24.4 Å². The fraction of sp³-hybridized carbons (Fsp3) is 0.737. The highest BCUT2D eigenvalue weighted by Crippen LogP contribution is 1.95. The number of hydrogen-bond donors (Lipinski definition) is 10. The largest absolute Gasteiger partial charge is 0.480 e. The van der Waals surface area contributed by atoms with Crippen LogP contribution in [0.15, 0.2) is 9.98 Å². The summed E-state index contributed by atoms with van der Waals surface area (Å²) in [5.41, 5.74) is 35.1. The maximum Gasteiger partial charge on any atom is 0.320 e. The van der Waals surface area contributed by atoms with E-state index in [1.165, 1.54) is 6.92 Å². The molecular formula is C19H47N10O6+. The van der Waals surface area contributed by atoms with Crippen molar-refractivity contribution >= 4 is 29.8 Å². The zero-order chi connectivity index (χ0) is 28.6. The third-order valence-electron chi connectivity index (χ3n) is 3.34. The summed E-state index contributed by atoms with van der Waals surface area (Å²) in [6, 6.07) is -1.64. The first-order valence-electron chi connectivity index (χ1n) is 10.6. The molecule has 0 aliphatic rings. The van der Waals surface area contributed by atoms with Gasteiger partial charge in [-0.15, -0.1) is 0 Å². The van der Waals surface area contributed by atoms with Gasteiger partial charge in [-0.2, -0.15) is 0 Å². The van der Waals surface area contributed by atoms with Crippen LogP contribution < -0.4 is 40.1 Å². The van der Waals surface area contributed by atoms with E-state index < -0.39 is 24.0 Å². The van der Waals surface area contributed by atoms with E-state index in [9.17, 15) is 14.4 Å². The maximum absolute atomic E-state index is 10.2. The van der Waals surface area contributed by atoms with Crippen LogP contribution in [0.4, 0.5) is 0 Å². The highest BCUT2D eigenvalue weighted by molar-refractivity contribution is 5.76. The fourth-order valence-corrected chi connectivity index (χ4v) is 1.59. The van der Waals surface area contributed by atoms with Crippen LogP contribution in [0.5, 0.6) is 0 Å². The number of amides is 1. The van der Waals surface area contributed by atoms with Gasteiger partial charge in [0, 0.05) is 20.0 Å². The predicted octanol–water partition coefficient (Wildman–Crippen LogP) is -3.92. The SMILES string of the molecule is CC(N)=O.C[N+](C)(C)CCO.NC(N)=NCCCC(N)C(=O)O.NC(N)=NCCCC(N)C(=O)O. The lowest BCUT2D eigenvalue weighted by Gasteiger charge is -2.21. The molecule has 0 radical (unpaired) electrons. The normalized spacial score (nSPS) is 11.4. The van der Waals surface area contributed by atoms with E-state index in [0.29, 0.717) is 38.8 Å². The molecule has 35 heavy (non-hydrogen) atoms. The third kappa shape index (κ3) is 49.1. The van der Waals surface area contributed by atoms with E-state index in [4.69, 9.17) is 49.7 Å². The van der Waals surface area contributed by atoms with Gasteiger partial charge >= 0.3 is 11.9 Å². The van der Waals surface area contributed by atoms with Crippen molar-refractivity contribution < 1.29 is 34.2 Å². The lowest BCUT2D eigenvalue weighted by molar-refractivity contribution is -0.870. The first-order chi connectivity index (χ1) is 15.9. The number of quaternary nitrogens is 1. The first kappa shape index (κ1) is 39.0. The standard InChI is InChI=1S/2C6H14N4O2.C5H14NO.C2H5NO/c2*7-4(5(11)12)2-1-3-10-6(8)9;1-6(2,3)4-5-7;1-2(3)4/h2*4H,1-3,7H2,(H,11,12)(H4,8,9,10);7H,4-5H2,1-3H3;1H3,(H2,3,4)/q;;+1;. The number of carboxylic acid groups (broad SMARTS) is 2. The number of nitrogens with two attached hydrogens (primary N) is 7. The number of guanidine groups is 2. The number of aliphatic hydroxyl groups excluding tert-OH is 1. The van der Waals surface area contributed by atoms with E-state index in [-0.39, 0.29) is 24.4 Å². The molecule has 0 aliphatic heterocycles. The molecule has 0 fully saturated rings. The summed E-state index contributed by atoms with van der Waals surface area (Å²) < 4.78 is 0.844. The molecule has 0 rings (SSSR count). The molecule has 0 saturated carbocycles. The van der Waals surface area contributed by atoms with Crippen LogP contribution in [0.2, 0.25) is 0 Å². The van der Waals surface area contributed by atoms with Crippen molar-refractivity contribution in [2.24, 2.45) is 50.1 Å². The van der Waals surface area contributed by atoms with Crippen molar-refractivity contribution in [2.75, 3.05) is 47.4 Å². The number of aliphatic imine (C=N–C) groups is 2. The number of primary amides is 1. The molecule has 2 atom stereocenters. The number of hydrogen-bond acceptors (Lipinski definition) is 8. The summed E-state index contributed by atoms with van der Waals surface area (Å²) >= 11 is 0. The molecule has 1 amide bonds. The number of aliphatic carboxylic acids is 2. The molecule has 17 N–H and O–H groups in total. The monoisotopic (exact) mass is 511 g/mol. The van der Waals surface area contributed by atoms with Crippen LogP contribution in [0, 0.1) is 0 Å². The van der Waals surface area contributed by atoms with Crippen LogP contribution in [0.3, 0.4) is 0 Å². The van der Waals surface area contributed by atoms with Crippen molar-refractivity contribution in [1.29, 1.82) is 0 Å². The van der Waals surface area contributed by atoms with Gasteiger partial charge in [0.1, 0.15) is 18.6 Å². The number of carbonyl (C=O) groups is 3. The van der Waals surface area contributed by atoms with Crippen LogP contribution >= 0.6 is 0 Å². The predicted molar refractivity (Wildman–Crippen MR) is 136 cm³/mol. The van der Waals surface area contributed by atoms with Crippen molar-refractivity contribution in [3.8, 4) is 0 Å². The Bertz CT molecular complexity index is 586. The molecule has 0 aromatic carbocycles. The minimum absolute atomic E-state index is 0.0129. The Morgan fingerprint density at radius 2 is 1.06 bits per heavy atom. The Labute approximate surface area is 206 Å². The van der Waals surface area contributed by atoms with Crippen molar-refractivity contribution in [2.45, 2.75) is 44.7 Å². The first-order valence-corrected chi connectivity index (χ1v) is 10.6. The number of carbonyl (C=O) groups excluding carboxylic acids is 1. The van der Waals surface area contributed by atoms with Crippen molar-refractivity contribution in [3.63, 3.8) is 0 Å². The minimum atomic E-state index is -1.00. The van der Waals surface area contributed by atoms with E-state index in [1.54, 1.807) is 0 Å². The Kier molecular flexibility index (Phi) is 26.7. The zero-order valence-corrected chi connectivity index (χ0v) is 21.3. The second kappa shape index (κ2) is 23.9. The average molecular weight is 512 g/mol. The third-order valence-corrected chi connectivity index (χ3v) is 3.34. The second-order valence-corrected chi connectivity index (χ2v) is 8.14. The second-order valence-electron chi connectivity index (χ2n) is 8.14. The summed E-state index contributed by atoms with van der Waals surface area (Å²) in [4.78, 5) is 37.0. The molecule has 208 valence electrons. The smallest absolute Gasteiger partial charge is 0.320 e. The summed E-state index contributed by atoms with van der Waals surface area (Å²) in [5.74, 6) is -2.31. The van der Waals surface area contributed by atoms with Gasteiger partial charge < -0.3 is 59.9 Å². The highest BCUT2D eigenvalue weighted by atomic mass is 16.4. The molecule has 0 bridgehead atoms. The molecule has 0 spiro atoms. The van der Waals surface area contributed by atoms with E-state index in [2.05, 4.69) is 36.9 Å². The van der Waals surface area contributed by atoms with Crippen LogP contribution in [0.25, 0.3) is 0 Å². The van der Waals surface area contributed by atoms with E-state index in [1.807, 2.05) is 0 Å². The van der Waals surface area contributed by atoms with Gasteiger partial charge in [0.25, 0.3) is 0 Å². The van der Waals surface area contributed by atoms with Gasteiger partial charge in [0.2, 0.25) is 5.91 Å². The molecule has 16 nitrogen and oxygen atoms in total. The number of rotatable bonds is 12. The Hall–Kier alpha value is -3.21. The van der Waals surface area contributed by atoms with Crippen LogP contribution in [0.1, 0.15) is 32.6 Å². The Morgan fingerprint density at radius 1 is 0.771 bits per heavy atom. The molecule has 0 aliphatic carbocycles. The molecule has 16 heteroatoms. The summed E-state index contributed by atoms with van der Waals surface area (Å²) in [5, 5.41) is 25.1. The van der Waals surface area contributed by atoms with Gasteiger partial charge in [-0.25, -0.2) is 0 Å². The van der Waals surface area contributed by atoms with Crippen molar-refractivity contribution in [1.82, 2.24) is 0 Å². The van der Waals surface area contributed by atoms with Crippen LogP contribution in [-0.4, -0.2) is 109 Å². The summed E-state index contributed by atoms with van der Waals surface area (Å²) in [7, 11) is 6.16. The van der Waals surface area contributed by atoms with Crippen LogP contribution in [-0.2, 0) is 14.4 Å². The van der Waals surface area contributed by atoms with E-state index in [0.717, 1.165) is 11.0 Å². The topological polar surface area (TPSA) is 319 Å². The van der Waals surface area contributed by atoms with Gasteiger partial charge in [0.15, 0.2) is 11.9 Å². The number of aliphatic hydroxyl groups is 1. The lowest BCUT2D eigenvalue weighted by Crippen LogP contribution is -2.36. The summed E-state index contributed by atoms with van der Waals surface area (Å²) in [6.07, 6.45) is 1.91. The molecule has 0 heterocycles. The molecule has 0 saturated heterocycles. The van der Waals surface area contributed by atoms with Crippen molar-refractivity contribution in [3.05, 3.63) is 0 Å². The number of likely N-dealkylation sites (N-methyl/N-ethyl adjacent to an activating group) is 1. The van der Waals surface area contributed by atoms with Gasteiger partial charge in [0.05, 0.1) is 27.7 Å². The number of nitrogens with zero attached hydrogens (tertiary/aromatic N) is 3. The minimum Gasteiger partial charge on any atom is -0.480 e. The molecule has 0 aromatic rings. The quantitative estimate of drug-likeness (QED) is 0.0519. The lowest BCUT2D eigenvalue weighted by atomic mass is 10.2. The molecular weight excluding hydrogens is 464 g/mol. The van der Waals surface area contributed by atoms with Gasteiger partial charge in [-0.05, 0) is 25.7 Å². The highest BCUT2D eigenvalue weighted by Gasteiger charge is 2.10.